The number of amides is 2. The second-order valence-corrected chi connectivity index (χ2v) is 7.60. The third-order valence-electron chi connectivity index (χ3n) is 4.76. The van der Waals surface area contributed by atoms with Crippen LogP contribution in [0.4, 0.5) is 0 Å². The highest BCUT2D eigenvalue weighted by Gasteiger charge is 2.26. The molecular weight excluding hydrogens is 380 g/mol. The number of ether oxygens (including phenoxy) is 2. The molecular formula is C24H32N2O4. The summed E-state index contributed by atoms with van der Waals surface area (Å²) in [6, 6.07) is 16.4. The summed E-state index contributed by atoms with van der Waals surface area (Å²) in [5.41, 5.74) is 1.11. The van der Waals surface area contributed by atoms with Crippen LogP contribution in [0.15, 0.2) is 54.6 Å². The third-order valence-corrected chi connectivity index (χ3v) is 4.76. The van der Waals surface area contributed by atoms with Crippen LogP contribution in [-0.4, -0.2) is 49.6 Å². The van der Waals surface area contributed by atoms with E-state index in [4.69, 9.17) is 9.47 Å². The van der Waals surface area contributed by atoms with Crippen LogP contribution in [0.25, 0.3) is 0 Å². The Morgan fingerprint density at radius 2 is 1.60 bits per heavy atom. The minimum Gasteiger partial charge on any atom is -0.497 e. The van der Waals surface area contributed by atoms with E-state index in [2.05, 4.69) is 5.32 Å². The zero-order chi connectivity index (χ0) is 21.9. The van der Waals surface area contributed by atoms with Crippen LogP contribution in [0, 0.1) is 5.92 Å². The van der Waals surface area contributed by atoms with E-state index in [1.54, 1.807) is 43.2 Å². The predicted molar refractivity (Wildman–Crippen MR) is 118 cm³/mol. The van der Waals surface area contributed by atoms with E-state index in [-0.39, 0.29) is 18.4 Å². The number of carbonyl (C=O) groups excluding carboxylic acids is 2. The number of methoxy groups -OCH3 is 1. The van der Waals surface area contributed by atoms with Crippen molar-refractivity contribution in [3.05, 3.63) is 60.2 Å². The van der Waals surface area contributed by atoms with Crippen molar-refractivity contribution in [2.24, 2.45) is 5.92 Å². The average molecular weight is 413 g/mol. The highest BCUT2D eigenvalue weighted by molar-refractivity contribution is 5.88. The summed E-state index contributed by atoms with van der Waals surface area (Å²) in [5, 5.41) is 2.91. The maximum Gasteiger partial charge on any atom is 0.261 e. The fraction of sp³-hybridized carbons (Fsp3) is 0.417. The Bertz CT molecular complexity index is 791. The van der Waals surface area contributed by atoms with Crippen molar-refractivity contribution in [3.63, 3.8) is 0 Å². The molecule has 1 unspecified atom stereocenters. The van der Waals surface area contributed by atoms with Gasteiger partial charge in [0.05, 0.1) is 7.11 Å². The topological polar surface area (TPSA) is 67.9 Å². The van der Waals surface area contributed by atoms with Crippen LogP contribution < -0.4 is 14.8 Å². The van der Waals surface area contributed by atoms with Gasteiger partial charge in [0.1, 0.15) is 17.5 Å². The first-order valence-electron chi connectivity index (χ1n) is 10.3. The van der Waals surface area contributed by atoms with Crippen LogP contribution >= 0.6 is 0 Å². The van der Waals surface area contributed by atoms with E-state index in [9.17, 15) is 9.59 Å². The Morgan fingerprint density at radius 3 is 2.20 bits per heavy atom. The summed E-state index contributed by atoms with van der Waals surface area (Å²) in [5.74, 6) is 1.24. The lowest BCUT2D eigenvalue weighted by Crippen LogP contribution is -2.50. The largest absolute Gasteiger partial charge is 0.497 e. The first-order chi connectivity index (χ1) is 14.4. The maximum absolute atomic E-state index is 12.9. The molecule has 0 spiro atoms. The number of carbonyl (C=O) groups is 2. The summed E-state index contributed by atoms with van der Waals surface area (Å²) in [7, 11) is 1.59. The quantitative estimate of drug-likeness (QED) is 0.615. The Balaban J connectivity index is 2.03. The van der Waals surface area contributed by atoms with E-state index in [0.29, 0.717) is 36.9 Å². The molecule has 1 N–H and O–H groups in total. The van der Waals surface area contributed by atoms with Gasteiger partial charge in [0, 0.05) is 13.1 Å². The second-order valence-electron chi connectivity index (χ2n) is 7.60. The Labute approximate surface area is 179 Å². The molecule has 0 aliphatic carbocycles. The SMILES string of the molecule is COc1ccc(OCC(=O)N(CCc2ccccc2)C(C)C(=O)NCC(C)C)cc1. The molecule has 30 heavy (non-hydrogen) atoms. The van der Waals surface area contributed by atoms with Crippen LogP contribution in [0.3, 0.4) is 0 Å². The zero-order valence-corrected chi connectivity index (χ0v) is 18.3. The molecule has 0 fully saturated rings. The zero-order valence-electron chi connectivity index (χ0n) is 18.3. The smallest absolute Gasteiger partial charge is 0.261 e. The lowest BCUT2D eigenvalue weighted by Gasteiger charge is -2.29. The lowest BCUT2D eigenvalue weighted by molar-refractivity contribution is -0.141. The number of hydrogen-bond donors (Lipinski definition) is 1. The predicted octanol–water partition coefficient (Wildman–Crippen LogP) is 3.31. The number of nitrogens with zero attached hydrogens (tertiary/aromatic N) is 1. The molecule has 0 saturated carbocycles. The van der Waals surface area contributed by atoms with Gasteiger partial charge in [-0.15, -0.1) is 0 Å². The van der Waals surface area contributed by atoms with Crippen molar-refractivity contribution in [2.75, 3.05) is 26.8 Å². The molecule has 0 heterocycles. The number of benzene rings is 2. The van der Waals surface area contributed by atoms with Gasteiger partial charge in [-0.1, -0.05) is 44.2 Å². The van der Waals surface area contributed by atoms with E-state index in [1.807, 2.05) is 44.2 Å². The number of nitrogens with one attached hydrogen (secondary N) is 1. The maximum atomic E-state index is 12.9. The average Bonchev–Trinajstić information content (AvgIpc) is 2.77. The Kier molecular flexibility index (Phi) is 9.19. The van der Waals surface area contributed by atoms with Crippen LogP contribution in [0.2, 0.25) is 0 Å². The molecule has 0 aliphatic rings. The van der Waals surface area contributed by atoms with Crippen LogP contribution in [0.1, 0.15) is 26.3 Å². The fourth-order valence-electron chi connectivity index (χ4n) is 2.92. The van der Waals surface area contributed by atoms with Gasteiger partial charge in [-0.05, 0) is 49.1 Å². The van der Waals surface area contributed by atoms with Gasteiger partial charge in [0.25, 0.3) is 5.91 Å². The van der Waals surface area contributed by atoms with E-state index in [1.165, 1.54) is 0 Å². The summed E-state index contributed by atoms with van der Waals surface area (Å²) < 4.78 is 10.8. The fourth-order valence-corrected chi connectivity index (χ4v) is 2.92. The summed E-state index contributed by atoms with van der Waals surface area (Å²) >= 11 is 0. The first kappa shape index (κ1) is 23.3. The summed E-state index contributed by atoms with van der Waals surface area (Å²) in [4.78, 5) is 27.1. The van der Waals surface area contributed by atoms with Crippen molar-refractivity contribution in [2.45, 2.75) is 33.2 Å². The summed E-state index contributed by atoms with van der Waals surface area (Å²) in [6.07, 6.45) is 0.664. The van der Waals surface area contributed by atoms with Crippen molar-refractivity contribution >= 4 is 11.8 Å². The molecule has 2 rings (SSSR count). The van der Waals surface area contributed by atoms with Gasteiger partial charge >= 0.3 is 0 Å². The monoisotopic (exact) mass is 412 g/mol. The van der Waals surface area contributed by atoms with Gasteiger partial charge in [-0.3, -0.25) is 9.59 Å². The molecule has 2 aromatic carbocycles. The second kappa shape index (κ2) is 11.9. The molecule has 6 heteroatoms. The van der Waals surface area contributed by atoms with Crippen molar-refractivity contribution in [3.8, 4) is 11.5 Å². The Morgan fingerprint density at radius 1 is 0.967 bits per heavy atom. The van der Waals surface area contributed by atoms with E-state index in [0.717, 1.165) is 5.56 Å². The molecule has 0 aromatic heterocycles. The van der Waals surface area contributed by atoms with Crippen molar-refractivity contribution in [1.82, 2.24) is 10.2 Å². The normalized spacial score (nSPS) is 11.6. The van der Waals surface area contributed by atoms with E-state index >= 15 is 0 Å². The standard InChI is InChI=1S/C24H32N2O4/c1-18(2)16-25-24(28)19(3)26(15-14-20-8-6-5-7-9-20)23(27)17-30-22-12-10-21(29-4)11-13-22/h5-13,18-19H,14-17H2,1-4H3,(H,25,28). The van der Waals surface area contributed by atoms with Gasteiger partial charge < -0.3 is 19.7 Å². The van der Waals surface area contributed by atoms with Gasteiger partial charge in [-0.2, -0.15) is 0 Å². The molecule has 162 valence electrons. The number of hydrogen-bond acceptors (Lipinski definition) is 4. The van der Waals surface area contributed by atoms with Crippen LogP contribution in [-0.2, 0) is 16.0 Å². The molecule has 2 amide bonds. The first-order valence-corrected chi connectivity index (χ1v) is 10.3. The van der Waals surface area contributed by atoms with Gasteiger partial charge in [0.15, 0.2) is 6.61 Å². The minimum atomic E-state index is -0.584. The molecule has 6 nitrogen and oxygen atoms in total. The molecule has 0 radical (unpaired) electrons. The molecule has 2 aromatic rings. The third kappa shape index (κ3) is 7.43. The van der Waals surface area contributed by atoms with Crippen molar-refractivity contribution in [1.29, 1.82) is 0 Å². The van der Waals surface area contributed by atoms with Gasteiger partial charge in [0.2, 0.25) is 5.91 Å². The van der Waals surface area contributed by atoms with E-state index < -0.39 is 6.04 Å². The Hall–Kier alpha value is -3.02. The lowest BCUT2D eigenvalue weighted by atomic mass is 10.1. The minimum absolute atomic E-state index is 0.136. The number of rotatable bonds is 11. The molecule has 0 aliphatic heterocycles. The molecule has 1 atom stereocenters. The summed E-state index contributed by atoms with van der Waals surface area (Å²) in [6.45, 7) is 6.70. The van der Waals surface area contributed by atoms with Crippen molar-refractivity contribution < 1.29 is 19.1 Å². The molecule has 0 saturated heterocycles. The molecule has 0 bridgehead atoms. The van der Waals surface area contributed by atoms with Crippen LogP contribution in [0.5, 0.6) is 11.5 Å². The highest BCUT2D eigenvalue weighted by Crippen LogP contribution is 2.17. The van der Waals surface area contributed by atoms with Gasteiger partial charge in [-0.25, -0.2) is 0 Å². The highest BCUT2D eigenvalue weighted by atomic mass is 16.5.